The SMILES string of the molecule is NCCC(F)(F)CI. The van der Waals surface area contributed by atoms with Gasteiger partial charge >= 0.3 is 0 Å². The van der Waals surface area contributed by atoms with Gasteiger partial charge in [-0.25, -0.2) is 8.78 Å². The lowest BCUT2D eigenvalue weighted by atomic mass is 10.3. The molecule has 0 radical (unpaired) electrons. The van der Waals surface area contributed by atoms with Crippen molar-refractivity contribution in [1.82, 2.24) is 0 Å². The molecular formula is C4H8F2IN. The van der Waals surface area contributed by atoms with Crippen molar-refractivity contribution in [2.45, 2.75) is 12.3 Å². The summed E-state index contributed by atoms with van der Waals surface area (Å²) in [6.07, 6.45) is -0.198. The Morgan fingerprint density at radius 3 is 2.12 bits per heavy atom. The van der Waals surface area contributed by atoms with Gasteiger partial charge in [0.15, 0.2) is 0 Å². The summed E-state index contributed by atoms with van der Waals surface area (Å²) in [4.78, 5) is 0. The maximum absolute atomic E-state index is 12.1. The van der Waals surface area contributed by atoms with Crippen LogP contribution >= 0.6 is 22.6 Å². The Morgan fingerprint density at radius 1 is 1.50 bits per heavy atom. The lowest BCUT2D eigenvalue weighted by molar-refractivity contribution is 0.0242. The van der Waals surface area contributed by atoms with Gasteiger partial charge in [-0.15, -0.1) is 0 Å². The van der Waals surface area contributed by atoms with Crippen LogP contribution in [0.1, 0.15) is 6.42 Å². The van der Waals surface area contributed by atoms with Gasteiger partial charge in [-0.1, -0.05) is 22.6 Å². The van der Waals surface area contributed by atoms with Gasteiger partial charge < -0.3 is 5.73 Å². The second-order valence-electron chi connectivity index (χ2n) is 1.53. The van der Waals surface area contributed by atoms with Crippen molar-refractivity contribution in [1.29, 1.82) is 0 Å². The Kier molecular flexibility index (Phi) is 3.80. The first kappa shape index (κ1) is 8.55. The molecule has 0 aliphatic rings. The summed E-state index contributed by atoms with van der Waals surface area (Å²) in [6, 6.07) is 0. The van der Waals surface area contributed by atoms with E-state index in [1.54, 1.807) is 22.6 Å². The van der Waals surface area contributed by atoms with Crippen LogP contribution in [0.3, 0.4) is 0 Å². The van der Waals surface area contributed by atoms with Gasteiger partial charge in [0.2, 0.25) is 0 Å². The number of hydrogen-bond donors (Lipinski definition) is 1. The smallest absolute Gasteiger partial charge is 0.258 e. The maximum atomic E-state index is 12.1. The number of hydrogen-bond acceptors (Lipinski definition) is 1. The van der Waals surface area contributed by atoms with E-state index in [-0.39, 0.29) is 17.4 Å². The van der Waals surface area contributed by atoms with Crippen molar-refractivity contribution in [2.24, 2.45) is 5.73 Å². The fourth-order valence-corrected chi connectivity index (χ4v) is 0.659. The number of rotatable bonds is 3. The molecule has 0 heterocycles. The Balaban J connectivity index is 3.37. The van der Waals surface area contributed by atoms with E-state index in [1.807, 2.05) is 0 Å². The third-order valence-electron chi connectivity index (χ3n) is 0.706. The molecule has 0 amide bonds. The zero-order chi connectivity index (χ0) is 6.62. The van der Waals surface area contributed by atoms with Gasteiger partial charge in [0.25, 0.3) is 5.92 Å². The summed E-state index contributed by atoms with van der Waals surface area (Å²) >= 11 is 1.65. The largest absolute Gasteiger partial charge is 0.330 e. The van der Waals surface area contributed by atoms with E-state index >= 15 is 0 Å². The van der Waals surface area contributed by atoms with Crippen LogP contribution in [-0.4, -0.2) is 16.9 Å². The number of halogens is 3. The topological polar surface area (TPSA) is 26.0 Å². The fraction of sp³-hybridized carbons (Fsp3) is 1.00. The Bertz CT molecular complexity index is 67.1. The van der Waals surface area contributed by atoms with E-state index < -0.39 is 5.92 Å². The molecule has 0 rings (SSSR count). The van der Waals surface area contributed by atoms with Gasteiger partial charge in [-0.3, -0.25) is 0 Å². The Morgan fingerprint density at radius 2 is 2.00 bits per heavy atom. The van der Waals surface area contributed by atoms with Gasteiger partial charge in [-0.2, -0.15) is 0 Å². The van der Waals surface area contributed by atoms with Crippen LogP contribution < -0.4 is 5.73 Å². The molecule has 0 aromatic heterocycles. The van der Waals surface area contributed by atoms with Gasteiger partial charge in [0.05, 0.1) is 4.43 Å². The Hall–Kier alpha value is 0.550. The highest BCUT2D eigenvalue weighted by molar-refractivity contribution is 14.1. The molecule has 0 aliphatic carbocycles. The zero-order valence-electron chi connectivity index (χ0n) is 4.33. The van der Waals surface area contributed by atoms with Crippen LogP contribution in [0.4, 0.5) is 8.78 Å². The number of alkyl halides is 3. The normalized spacial score (nSPS) is 12.0. The van der Waals surface area contributed by atoms with Crippen LogP contribution in [0.5, 0.6) is 0 Å². The first-order chi connectivity index (χ1) is 3.62. The van der Waals surface area contributed by atoms with Crippen molar-refractivity contribution in [3.8, 4) is 0 Å². The maximum Gasteiger partial charge on any atom is 0.258 e. The predicted molar refractivity (Wildman–Crippen MR) is 37.5 cm³/mol. The average molecular weight is 235 g/mol. The molecule has 1 nitrogen and oxygen atoms in total. The summed E-state index contributed by atoms with van der Waals surface area (Å²) in [5, 5.41) is 0. The molecule has 0 aromatic carbocycles. The predicted octanol–water partition coefficient (Wildman–Crippen LogP) is 1.41. The monoisotopic (exact) mass is 235 g/mol. The van der Waals surface area contributed by atoms with Gasteiger partial charge in [0, 0.05) is 6.42 Å². The van der Waals surface area contributed by atoms with E-state index in [0.29, 0.717) is 0 Å². The van der Waals surface area contributed by atoms with Crippen molar-refractivity contribution < 1.29 is 8.78 Å². The molecule has 8 heavy (non-hydrogen) atoms. The molecule has 0 aromatic rings. The molecule has 4 heteroatoms. The summed E-state index contributed by atoms with van der Waals surface area (Å²) in [5.74, 6) is -2.55. The lowest BCUT2D eigenvalue weighted by Gasteiger charge is -2.09. The molecule has 0 aliphatic heterocycles. The van der Waals surface area contributed by atoms with E-state index in [2.05, 4.69) is 0 Å². The molecule has 0 atom stereocenters. The van der Waals surface area contributed by atoms with Crippen molar-refractivity contribution in [3.63, 3.8) is 0 Å². The summed E-state index contributed by atoms with van der Waals surface area (Å²) in [7, 11) is 0. The van der Waals surface area contributed by atoms with Gasteiger partial charge in [-0.05, 0) is 6.54 Å². The molecule has 0 spiro atoms. The first-order valence-electron chi connectivity index (χ1n) is 2.26. The second-order valence-corrected chi connectivity index (χ2v) is 2.29. The summed E-state index contributed by atoms with van der Waals surface area (Å²) in [5.41, 5.74) is 4.91. The fourth-order valence-electron chi connectivity index (χ4n) is 0.278. The van der Waals surface area contributed by atoms with E-state index in [4.69, 9.17) is 5.73 Å². The molecule has 0 unspecified atom stereocenters. The molecular weight excluding hydrogens is 227 g/mol. The van der Waals surface area contributed by atoms with Crippen LogP contribution in [0.15, 0.2) is 0 Å². The number of nitrogens with two attached hydrogens (primary N) is 1. The molecule has 0 fully saturated rings. The van der Waals surface area contributed by atoms with Crippen molar-refractivity contribution in [2.75, 3.05) is 11.0 Å². The minimum atomic E-state index is -2.55. The molecule has 2 N–H and O–H groups in total. The average Bonchev–Trinajstić information content (AvgIpc) is 1.67. The molecule has 50 valence electrons. The van der Waals surface area contributed by atoms with E-state index in [1.165, 1.54) is 0 Å². The molecule has 0 saturated carbocycles. The second kappa shape index (κ2) is 3.55. The Labute approximate surface area is 60.8 Å². The summed E-state index contributed by atoms with van der Waals surface area (Å²) in [6.45, 7) is 0.0655. The van der Waals surface area contributed by atoms with Crippen LogP contribution in [-0.2, 0) is 0 Å². The molecule has 0 bridgehead atoms. The highest BCUT2D eigenvalue weighted by Gasteiger charge is 2.25. The third kappa shape index (κ3) is 3.54. The van der Waals surface area contributed by atoms with Crippen LogP contribution in [0.25, 0.3) is 0 Å². The third-order valence-corrected chi connectivity index (χ3v) is 1.82. The molecule has 0 saturated heterocycles. The van der Waals surface area contributed by atoms with Crippen LogP contribution in [0, 0.1) is 0 Å². The van der Waals surface area contributed by atoms with E-state index in [9.17, 15) is 8.78 Å². The minimum Gasteiger partial charge on any atom is -0.330 e. The van der Waals surface area contributed by atoms with Crippen molar-refractivity contribution in [3.05, 3.63) is 0 Å². The zero-order valence-corrected chi connectivity index (χ0v) is 6.49. The van der Waals surface area contributed by atoms with Crippen molar-refractivity contribution >= 4 is 22.6 Å². The summed E-state index contributed by atoms with van der Waals surface area (Å²) < 4.78 is 24.0. The first-order valence-corrected chi connectivity index (χ1v) is 3.79. The minimum absolute atomic E-state index is 0.0655. The lowest BCUT2D eigenvalue weighted by Crippen LogP contribution is -2.22. The highest BCUT2D eigenvalue weighted by Crippen LogP contribution is 2.19. The van der Waals surface area contributed by atoms with Crippen LogP contribution in [0.2, 0.25) is 0 Å². The quantitative estimate of drug-likeness (QED) is 0.580. The van der Waals surface area contributed by atoms with Gasteiger partial charge in [0.1, 0.15) is 0 Å². The standard InChI is InChI=1S/C4H8F2IN/c5-4(6,3-7)1-2-8/h1-3,8H2. The van der Waals surface area contributed by atoms with E-state index in [0.717, 1.165) is 0 Å². The highest BCUT2D eigenvalue weighted by atomic mass is 127.